The Morgan fingerprint density at radius 2 is 2.19 bits per heavy atom. The minimum absolute atomic E-state index is 0.00338. The topological polar surface area (TPSA) is 87.9 Å². The number of rotatable bonds is 5. The molecule has 26 heavy (non-hydrogen) atoms. The van der Waals surface area contributed by atoms with E-state index in [9.17, 15) is 19.3 Å². The van der Waals surface area contributed by atoms with E-state index in [1.54, 1.807) is 0 Å². The number of carbonyl (C=O) groups is 1. The second-order valence-corrected chi connectivity index (χ2v) is 5.91. The maximum atomic E-state index is 13.7. The number of ether oxygens (including phenoxy) is 3. The molecule has 0 radical (unpaired) electrons. The molecule has 2 aromatic rings. The summed E-state index contributed by atoms with van der Waals surface area (Å²) in [6.45, 7) is -0.103. The van der Waals surface area contributed by atoms with Crippen molar-refractivity contribution in [3.05, 3.63) is 68.0 Å². The van der Waals surface area contributed by atoms with Crippen molar-refractivity contribution in [2.24, 2.45) is 0 Å². The van der Waals surface area contributed by atoms with Gasteiger partial charge in [0.1, 0.15) is 18.2 Å². The fourth-order valence-electron chi connectivity index (χ4n) is 2.55. The number of carbonyl (C=O) groups excluding carboxylic acids is 1. The van der Waals surface area contributed by atoms with Crippen LogP contribution in [0, 0.1) is 15.9 Å². The van der Waals surface area contributed by atoms with Crippen LogP contribution in [-0.2, 0) is 33.9 Å². The molecule has 0 saturated heterocycles. The van der Waals surface area contributed by atoms with Crippen LogP contribution < -0.4 is 4.74 Å². The molecule has 0 fully saturated rings. The molecular weight excluding hydrogens is 369 g/mol. The molecule has 0 amide bonds. The lowest BCUT2D eigenvalue weighted by Crippen LogP contribution is -2.15. The zero-order valence-corrected chi connectivity index (χ0v) is 14.1. The van der Waals surface area contributed by atoms with Crippen molar-refractivity contribution in [2.75, 3.05) is 6.79 Å². The van der Waals surface area contributed by atoms with Gasteiger partial charge in [-0.25, -0.2) is 4.39 Å². The summed E-state index contributed by atoms with van der Waals surface area (Å²) in [4.78, 5) is 22.5. The first-order valence-corrected chi connectivity index (χ1v) is 7.92. The molecule has 2 aromatic carbocycles. The lowest BCUT2D eigenvalue weighted by molar-refractivity contribution is -0.385. The van der Waals surface area contributed by atoms with Crippen LogP contribution in [0.25, 0.3) is 0 Å². The van der Waals surface area contributed by atoms with E-state index in [-0.39, 0.29) is 42.7 Å². The van der Waals surface area contributed by atoms with Crippen LogP contribution in [0.4, 0.5) is 10.1 Å². The van der Waals surface area contributed by atoms with Gasteiger partial charge in [0.25, 0.3) is 5.69 Å². The van der Waals surface area contributed by atoms with Crippen LogP contribution in [0.3, 0.4) is 0 Å². The molecule has 0 unspecified atom stereocenters. The van der Waals surface area contributed by atoms with Gasteiger partial charge in [-0.15, -0.1) is 0 Å². The molecule has 0 aliphatic carbocycles. The number of halogens is 2. The molecule has 9 heteroatoms. The first-order chi connectivity index (χ1) is 12.5. The number of nitro groups is 1. The van der Waals surface area contributed by atoms with Crippen molar-refractivity contribution in [1.29, 1.82) is 0 Å². The molecule has 136 valence electrons. The Labute approximate surface area is 152 Å². The van der Waals surface area contributed by atoms with Gasteiger partial charge >= 0.3 is 5.97 Å². The molecule has 1 aliphatic heterocycles. The van der Waals surface area contributed by atoms with Crippen molar-refractivity contribution >= 4 is 23.3 Å². The summed E-state index contributed by atoms with van der Waals surface area (Å²) < 4.78 is 29.3. The summed E-state index contributed by atoms with van der Waals surface area (Å²) in [6, 6.07) is 6.71. The predicted octanol–water partition coefficient (Wildman–Crippen LogP) is 3.54. The number of hydrogen-bond acceptors (Lipinski definition) is 6. The Morgan fingerprint density at radius 1 is 1.38 bits per heavy atom. The van der Waals surface area contributed by atoms with E-state index >= 15 is 0 Å². The van der Waals surface area contributed by atoms with Gasteiger partial charge in [-0.2, -0.15) is 0 Å². The monoisotopic (exact) mass is 381 g/mol. The standard InChI is InChI=1S/C17H13ClFNO6/c18-14-2-1-3-15(19)13(14)6-16(21)25-8-11-5-12(20(22)23)4-10-7-24-9-26-17(10)11/h1-5H,6-9H2. The predicted molar refractivity (Wildman–Crippen MR) is 88.3 cm³/mol. The fraction of sp³-hybridized carbons (Fsp3) is 0.235. The molecule has 0 N–H and O–H groups in total. The summed E-state index contributed by atoms with van der Waals surface area (Å²) in [5.41, 5.74) is 0.699. The zero-order valence-electron chi connectivity index (χ0n) is 13.4. The van der Waals surface area contributed by atoms with Gasteiger partial charge in [0.05, 0.1) is 18.0 Å². The van der Waals surface area contributed by atoms with E-state index in [2.05, 4.69) is 0 Å². The van der Waals surface area contributed by atoms with Crippen molar-refractivity contribution in [3.63, 3.8) is 0 Å². The maximum absolute atomic E-state index is 13.7. The van der Waals surface area contributed by atoms with Crippen LogP contribution in [-0.4, -0.2) is 17.7 Å². The Kier molecular flexibility index (Phi) is 5.34. The zero-order chi connectivity index (χ0) is 18.7. The van der Waals surface area contributed by atoms with Crippen LogP contribution in [0.1, 0.15) is 16.7 Å². The Hall–Kier alpha value is -2.71. The van der Waals surface area contributed by atoms with Gasteiger partial charge in [0.15, 0.2) is 6.79 Å². The van der Waals surface area contributed by atoms with Crippen LogP contribution >= 0.6 is 11.6 Å². The summed E-state index contributed by atoms with van der Waals surface area (Å²) in [7, 11) is 0. The lowest BCUT2D eigenvalue weighted by Gasteiger charge is -2.20. The molecular formula is C17H13ClFNO6. The number of non-ortho nitro benzene ring substituents is 1. The van der Waals surface area contributed by atoms with Gasteiger partial charge in [0, 0.05) is 33.8 Å². The Morgan fingerprint density at radius 3 is 2.92 bits per heavy atom. The third kappa shape index (κ3) is 3.92. The number of esters is 1. The molecule has 0 saturated carbocycles. The van der Waals surface area contributed by atoms with Gasteiger partial charge in [-0.05, 0) is 12.1 Å². The minimum atomic E-state index is -0.718. The highest BCUT2D eigenvalue weighted by Crippen LogP contribution is 2.33. The first-order valence-electron chi connectivity index (χ1n) is 7.55. The Balaban J connectivity index is 1.76. The van der Waals surface area contributed by atoms with Gasteiger partial charge in [-0.1, -0.05) is 17.7 Å². The van der Waals surface area contributed by atoms with Gasteiger partial charge in [-0.3, -0.25) is 14.9 Å². The average Bonchev–Trinajstić information content (AvgIpc) is 2.62. The quantitative estimate of drug-likeness (QED) is 0.447. The van der Waals surface area contributed by atoms with Crippen molar-refractivity contribution in [1.82, 2.24) is 0 Å². The number of nitrogens with zero attached hydrogens (tertiary/aromatic N) is 1. The first kappa shape index (κ1) is 18.1. The second kappa shape index (κ2) is 7.67. The highest BCUT2D eigenvalue weighted by Gasteiger charge is 2.22. The normalized spacial score (nSPS) is 12.8. The van der Waals surface area contributed by atoms with Crippen LogP contribution in [0.2, 0.25) is 5.02 Å². The molecule has 0 aromatic heterocycles. The summed E-state index contributed by atoms with van der Waals surface area (Å²) in [5, 5.41) is 11.2. The summed E-state index contributed by atoms with van der Waals surface area (Å²) >= 11 is 5.88. The van der Waals surface area contributed by atoms with Gasteiger partial charge in [0.2, 0.25) is 0 Å². The molecule has 0 atom stereocenters. The number of benzene rings is 2. The largest absolute Gasteiger partial charge is 0.467 e. The maximum Gasteiger partial charge on any atom is 0.310 e. The third-order valence-corrected chi connectivity index (χ3v) is 4.11. The van der Waals surface area contributed by atoms with Crippen molar-refractivity contribution in [3.8, 4) is 5.75 Å². The van der Waals surface area contributed by atoms with E-state index in [1.165, 1.54) is 30.3 Å². The lowest BCUT2D eigenvalue weighted by atomic mass is 10.1. The Bertz CT molecular complexity index is 852. The fourth-order valence-corrected chi connectivity index (χ4v) is 2.78. The molecule has 0 spiro atoms. The molecule has 1 heterocycles. The molecule has 1 aliphatic rings. The van der Waals surface area contributed by atoms with E-state index in [4.69, 9.17) is 25.8 Å². The summed E-state index contributed by atoms with van der Waals surface area (Å²) in [5.74, 6) is -0.939. The van der Waals surface area contributed by atoms with E-state index in [0.717, 1.165) is 0 Å². The molecule has 7 nitrogen and oxygen atoms in total. The van der Waals surface area contributed by atoms with Crippen LogP contribution in [0.5, 0.6) is 5.75 Å². The number of fused-ring (bicyclic) bond motifs is 1. The molecule has 3 rings (SSSR count). The third-order valence-electron chi connectivity index (χ3n) is 3.75. The van der Waals surface area contributed by atoms with Crippen molar-refractivity contribution in [2.45, 2.75) is 19.6 Å². The van der Waals surface area contributed by atoms with E-state index in [0.29, 0.717) is 16.9 Å². The molecule has 0 bridgehead atoms. The second-order valence-electron chi connectivity index (χ2n) is 5.50. The van der Waals surface area contributed by atoms with Crippen LogP contribution in [0.15, 0.2) is 30.3 Å². The number of hydrogen-bond donors (Lipinski definition) is 0. The highest BCUT2D eigenvalue weighted by molar-refractivity contribution is 6.31. The van der Waals surface area contributed by atoms with E-state index in [1.807, 2.05) is 0 Å². The van der Waals surface area contributed by atoms with E-state index < -0.39 is 16.7 Å². The smallest absolute Gasteiger partial charge is 0.310 e. The van der Waals surface area contributed by atoms with Crippen molar-refractivity contribution < 1.29 is 28.3 Å². The number of nitro benzene ring substituents is 1. The van der Waals surface area contributed by atoms with Gasteiger partial charge < -0.3 is 14.2 Å². The highest BCUT2D eigenvalue weighted by atomic mass is 35.5. The summed E-state index contributed by atoms with van der Waals surface area (Å²) in [6.07, 6.45) is -0.355. The minimum Gasteiger partial charge on any atom is -0.467 e. The SMILES string of the molecule is O=C(Cc1c(F)cccc1Cl)OCc1cc([N+](=O)[O-])cc2c1OCOC2. The average molecular weight is 382 g/mol.